The van der Waals surface area contributed by atoms with Crippen LogP contribution in [0.5, 0.6) is 5.75 Å². The van der Waals surface area contributed by atoms with E-state index in [-0.39, 0.29) is 24.2 Å². The summed E-state index contributed by atoms with van der Waals surface area (Å²) in [7, 11) is 1.56. The van der Waals surface area contributed by atoms with Gasteiger partial charge >= 0.3 is 0 Å². The van der Waals surface area contributed by atoms with E-state index < -0.39 is 0 Å². The van der Waals surface area contributed by atoms with E-state index in [1.54, 1.807) is 24.1 Å². The smallest absolute Gasteiger partial charge is 0.229 e. The number of methoxy groups -OCH3 is 1. The summed E-state index contributed by atoms with van der Waals surface area (Å²) < 4.78 is 5.25. The molecule has 130 valence electrons. The molecule has 25 heavy (non-hydrogen) atoms. The van der Waals surface area contributed by atoms with Gasteiger partial charge in [0.2, 0.25) is 11.8 Å². The summed E-state index contributed by atoms with van der Waals surface area (Å²) in [4.78, 5) is 26.5. The molecule has 5 heteroatoms. The number of nitrogens with zero attached hydrogens (tertiary/aromatic N) is 1. The molecule has 3 rings (SSSR count). The average Bonchev–Trinajstić information content (AvgIpc) is 2.98. The molecule has 5 nitrogen and oxygen atoms in total. The lowest BCUT2D eigenvalue weighted by atomic mass is 10.1. The Kier molecular flexibility index (Phi) is 5.03. The number of carbonyl (C=O) groups is 2. The first-order chi connectivity index (χ1) is 12.1. The minimum Gasteiger partial charge on any atom is -0.495 e. The number of benzene rings is 2. The molecule has 1 N–H and O–H groups in total. The van der Waals surface area contributed by atoms with Crippen LogP contribution in [0.4, 0.5) is 5.69 Å². The maximum Gasteiger partial charge on any atom is 0.229 e. The standard InChI is InChI=1S/C20H22N2O3/c1-14-7-9-15(10-8-14)12-22-13-16(11-19(22)23)20(24)21-17-5-3-4-6-18(17)25-2/h3-10,16H,11-13H2,1-2H3,(H,21,24)/t16-/m0/s1. The summed E-state index contributed by atoms with van der Waals surface area (Å²) in [5, 5.41) is 2.87. The maximum atomic E-state index is 12.5. The van der Waals surface area contributed by atoms with E-state index in [1.165, 1.54) is 5.56 Å². The van der Waals surface area contributed by atoms with Crippen molar-refractivity contribution in [2.45, 2.75) is 19.9 Å². The zero-order valence-electron chi connectivity index (χ0n) is 14.5. The number of carbonyl (C=O) groups excluding carboxylic acids is 2. The lowest BCUT2D eigenvalue weighted by Gasteiger charge is -2.17. The van der Waals surface area contributed by atoms with Gasteiger partial charge in [0.1, 0.15) is 5.75 Å². The number of aryl methyl sites for hydroxylation is 1. The normalized spacial score (nSPS) is 16.8. The molecule has 1 aliphatic heterocycles. The quantitative estimate of drug-likeness (QED) is 0.912. The first-order valence-electron chi connectivity index (χ1n) is 8.34. The number of hydrogen-bond donors (Lipinski definition) is 1. The molecule has 0 radical (unpaired) electrons. The second kappa shape index (κ2) is 7.38. The predicted octanol–water partition coefficient (Wildman–Crippen LogP) is 2.99. The average molecular weight is 338 g/mol. The molecule has 1 fully saturated rings. The minimum atomic E-state index is -0.345. The van der Waals surface area contributed by atoms with Gasteiger partial charge in [-0.3, -0.25) is 9.59 Å². The van der Waals surface area contributed by atoms with Crippen LogP contribution in [0.1, 0.15) is 17.5 Å². The van der Waals surface area contributed by atoms with Crippen molar-refractivity contribution in [3.05, 3.63) is 59.7 Å². The monoisotopic (exact) mass is 338 g/mol. The molecule has 1 heterocycles. The Morgan fingerprint density at radius 3 is 2.64 bits per heavy atom. The number of amides is 2. The largest absolute Gasteiger partial charge is 0.495 e. The highest BCUT2D eigenvalue weighted by molar-refractivity contribution is 5.98. The Morgan fingerprint density at radius 1 is 1.20 bits per heavy atom. The topological polar surface area (TPSA) is 58.6 Å². The van der Waals surface area contributed by atoms with Gasteiger partial charge in [0.25, 0.3) is 0 Å². The van der Waals surface area contributed by atoms with Gasteiger partial charge in [-0.1, -0.05) is 42.0 Å². The molecule has 1 aliphatic rings. The molecular formula is C20H22N2O3. The van der Waals surface area contributed by atoms with Crippen LogP contribution in [0.15, 0.2) is 48.5 Å². The highest BCUT2D eigenvalue weighted by Crippen LogP contribution is 2.26. The molecule has 2 aromatic carbocycles. The molecule has 0 aromatic heterocycles. The summed E-state index contributed by atoms with van der Waals surface area (Å²) in [6, 6.07) is 15.4. The summed E-state index contributed by atoms with van der Waals surface area (Å²) >= 11 is 0. The highest BCUT2D eigenvalue weighted by atomic mass is 16.5. The van der Waals surface area contributed by atoms with E-state index in [4.69, 9.17) is 4.74 Å². The van der Waals surface area contributed by atoms with Gasteiger partial charge in [-0.15, -0.1) is 0 Å². The summed E-state index contributed by atoms with van der Waals surface area (Å²) in [6.45, 7) is 3.01. The second-order valence-electron chi connectivity index (χ2n) is 6.35. The third-order valence-electron chi connectivity index (χ3n) is 4.44. The molecule has 0 saturated carbocycles. The van der Waals surface area contributed by atoms with Gasteiger partial charge in [-0.05, 0) is 24.6 Å². The highest BCUT2D eigenvalue weighted by Gasteiger charge is 2.34. The molecule has 0 spiro atoms. The van der Waals surface area contributed by atoms with Gasteiger partial charge < -0.3 is 15.0 Å². The summed E-state index contributed by atoms with van der Waals surface area (Å²) in [5.41, 5.74) is 2.88. The van der Waals surface area contributed by atoms with Crippen LogP contribution in [0.25, 0.3) is 0 Å². The first kappa shape index (κ1) is 17.0. The fourth-order valence-corrected chi connectivity index (χ4v) is 3.00. The SMILES string of the molecule is COc1ccccc1NC(=O)[C@H]1CC(=O)N(Cc2ccc(C)cc2)C1. The van der Waals surface area contributed by atoms with Crippen LogP contribution in [0, 0.1) is 12.8 Å². The first-order valence-corrected chi connectivity index (χ1v) is 8.34. The fraction of sp³-hybridized carbons (Fsp3) is 0.300. The van der Waals surface area contributed by atoms with Crippen LogP contribution in [0.3, 0.4) is 0 Å². The Labute approximate surface area is 147 Å². The van der Waals surface area contributed by atoms with Crippen molar-refractivity contribution in [3.8, 4) is 5.75 Å². The van der Waals surface area contributed by atoms with Crippen molar-refractivity contribution in [1.82, 2.24) is 4.90 Å². The van der Waals surface area contributed by atoms with Crippen LogP contribution in [-0.2, 0) is 16.1 Å². The number of likely N-dealkylation sites (tertiary alicyclic amines) is 1. The van der Waals surface area contributed by atoms with Gasteiger partial charge in [0.05, 0.1) is 18.7 Å². The van der Waals surface area contributed by atoms with Crippen molar-refractivity contribution in [2.24, 2.45) is 5.92 Å². The Bertz CT molecular complexity index is 771. The van der Waals surface area contributed by atoms with E-state index in [2.05, 4.69) is 5.32 Å². The third kappa shape index (κ3) is 3.99. The van der Waals surface area contributed by atoms with Gasteiger partial charge in [0, 0.05) is 19.5 Å². The molecular weight excluding hydrogens is 316 g/mol. The Morgan fingerprint density at radius 2 is 1.92 bits per heavy atom. The molecule has 0 aliphatic carbocycles. The van der Waals surface area contributed by atoms with Crippen molar-refractivity contribution >= 4 is 17.5 Å². The van der Waals surface area contributed by atoms with E-state index in [0.29, 0.717) is 24.5 Å². The number of para-hydroxylation sites is 2. The summed E-state index contributed by atoms with van der Waals surface area (Å²) in [5.74, 6) is 0.129. The third-order valence-corrected chi connectivity index (χ3v) is 4.44. The zero-order chi connectivity index (χ0) is 17.8. The Hall–Kier alpha value is -2.82. The van der Waals surface area contributed by atoms with Crippen molar-refractivity contribution in [2.75, 3.05) is 19.0 Å². The van der Waals surface area contributed by atoms with Gasteiger partial charge in [-0.2, -0.15) is 0 Å². The number of ether oxygens (including phenoxy) is 1. The van der Waals surface area contributed by atoms with Gasteiger partial charge in [0.15, 0.2) is 0 Å². The lowest BCUT2D eigenvalue weighted by Crippen LogP contribution is -2.28. The Balaban J connectivity index is 1.63. The van der Waals surface area contributed by atoms with Crippen LogP contribution >= 0.6 is 0 Å². The predicted molar refractivity (Wildman–Crippen MR) is 96.3 cm³/mol. The van der Waals surface area contributed by atoms with Crippen LogP contribution in [-0.4, -0.2) is 30.4 Å². The molecule has 2 amide bonds. The number of rotatable bonds is 5. The lowest BCUT2D eigenvalue weighted by molar-refractivity contribution is -0.128. The van der Waals surface area contributed by atoms with E-state index >= 15 is 0 Å². The minimum absolute atomic E-state index is 0.0146. The van der Waals surface area contributed by atoms with E-state index in [0.717, 1.165) is 5.56 Å². The van der Waals surface area contributed by atoms with Gasteiger partial charge in [-0.25, -0.2) is 0 Å². The molecule has 0 unspecified atom stereocenters. The molecule has 1 atom stereocenters. The van der Waals surface area contributed by atoms with Crippen LogP contribution in [0.2, 0.25) is 0 Å². The molecule has 2 aromatic rings. The fourth-order valence-electron chi connectivity index (χ4n) is 3.00. The number of anilines is 1. The number of hydrogen-bond acceptors (Lipinski definition) is 3. The number of nitrogens with one attached hydrogen (secondary N) is 1. The van der Waals surface area contributed by atoms with E-state index in [1.807, 2.05) is 43.3 Å². The van der Waals surface area contributed by atoms with Crippen molar-refractivity contribution in [1.29, 1.82) is 0 Å². The van der Waals surface area contributed by atoms with E-state index in [9.17, 15) is 9.59 Å². The summed E-state index contributed by atoms with van der Waals surface area (Å²) in [6.07, 6.45) is 0.243. The van der Waals surface area contributed by atoms with Crippen molar-refractivity contribution in [3.63, 3.8) is 0 Å². The molecule has 0 bridgehead atoms. The second-order valence-corrected chi connectivity index (χ2v) is 6.35. The van der Waals surface area contributed by atoms with Crippen molar-refractivity contribution < 1.29 is 14.3 Å². The zero-order valence-corrected chi connectivity index (χ0v) is 14.5. The van der Waals surface area contributed by atoms with Crippen LogP contribution < -0.4 is 10.1 Å². The molecule has 1 saturated heterocycles. The maximum absolute atomic E-state index is 12.5.